The predicted octanol–water partition coefficient (Wildman–Crippen LogP) is 1.80. The second-order valence-corrected chi connectivity index (χ2v) is 2.69. The molecule has 0 radical (unpaired) electrons. The number of nitrogen functional groups attached to an aromatic ring is 1. The van der Waals surface area contributed by atoms with E-state index in [1.165, 1.54) is 18.3 Å². The smallest absolute Gasteiger partial charge is 0.138 e. The number of H-pyrrole nitrogens is 1. The lowest BCUT2D eigenvalue weighted by molar-refractivity contribution is 0.628. The zero-order chi connectivity index (χ0) is 9.26. The number of nitrogens with two attached hydrogens (primary N) is 1. The third-order valence-corrected chi connectivity index (χ3v) is 1.71. The molecule has 0 saturated heterocycles. The molecule has 3 N–H and O–H groups in total. The van der Waals surface area contributed by atoms with Crippen molar-refractivity contribution in [1.29, 1.82) is 0 Å². The van der Waals surface area contributed by atoms with Gasteiger partial charge in [0.2, 0.25) is 0 Å². The van der Waals surface area contributed by atoms with Crippen LogP contribution >= 0.6 is 0 Å². The van der Waals surface area contributed by atoms with Crippen LogP contribution < -0.4 is 5.73 Å². The summed E-state index contributed by atoms with van der Waals surface area (Å²) in [6.07, 6.45) is 1.53. The van der Waals surface area contributed by atoms with Crippen LogP contribution in [0.4, 0.5) is 10.2 Å². The average molecular weight is 177 g/mol. The summed E-state index contributed by atoms with van der Waals surface area (Å²) >= 11 is 0. The molecule has 0 atom stereocenters. The van der Waals surface area contributed by atoms with Crippen molar-refractivity contribution in [1.82, 2.24) is 9.97 Å². The van der Waals surface area contributed by atoms with Crippen molar-refractivity contribution in [2.75, 3.05) is 5.73 Å². The van der Waals surface area contributed by atoms with Gasteiger partial charge in [0.15, 0.2) is 0 Å². The van der Waals surface area contributed by atoms with Crippen LogP contribution in [0.2, 0.25) is 0 Å². The van der Waals surface area contributed by atoms with Crippen LogP contribution in [0.5, 0.6) is 0 Å². The SMILES string of the molecule is Nc1cnc(-c2ccc(F)cc2)[nH]1. The summed E-state index contributed by atoms with van der Waals surface area (Å²) in [5, 5.41) is 0. The maximum Gasteiger partial charge on any atom is 0.138 e. The Kier molecular flexibility index (Phi) is 1.73. The van der Waals surface area contributed by atoms with Gasteiger partial charge in [-0.1, -0.05) is 0 Å². The summed E-state index contributed by atoms with van der Waals surface area (Å²) in [6, 6.07) is 6.06. The highest BCUT2D eigenvalue weighted by molar-refractivity contribution is 5.56. The molecule has 0 aliphatic heterocycles. The van der Waals surface area contributed by atoms with E-state index in [0.717, 1.165) is 5.56 Å². The van der Waals surface area contributed by atoms with Crippen molar-refractivity contribution >= 4 is 5.82 Å². The Morgan fingerprint density at radius 2 is 1.92 bits per heavy atom. The van der Waals surface area contributed by atoms with Crippen LogP contribution in [0.15, 0.2) is 30.5 Å². The summed E-state index contributed by atoms with van der Waals surface area (Å²) in [6.45, 7) is 0. The van der Waals surface area contributed by atoms with Crippen LogP contribution in [0, 0.1) is 5.82 Å². The van der Waals surface area contributed by atoms with Gasteiger partial charge < -0.3 is 10.7 Å². The highest BCUT2D eigenvalue weighted by Crippen LogP contribution is 2.16. The first-order valence-electron chi connectivity index (χ1n) is 3.82. The molecule has 0 unspecified atom stereocenters. The molecule has 0 fully saturated rings. The van der Waals surface area contributed by atoms with E-state index in [1.54, 1.807) is 12.1 Å². The van der Waals surface area contributed by atoms with Crippen molar-refractivity contribution in [3.05, 3.63) is 36.3 Å². The fourth-order valence-electron chi connectivity index (χ4n) is 1.09. The van der Waals surface area contributed by atoms with Gasteiger partial charge in [-0.25, -0.2) is 9.37 Å². The largest absolute Gasteiger partial charge is 0.384 e. The minimum absolute atomic E-state index is 0.261. The third kappa shape index (κ3) is 1.51. The molecule has 66 valence electrons. The van der Waals surface area contributed by atoms with Crippen LogP contribution in [0.25, 0.3) is 11.4 Å². The molecule has 1 heterocycles. The summed E-state index contributed by atoms with van der Waals surface area (Å²) in [5.74, 6) is 0.889. The Morgan fingerprint density at radius 1 is 1.23 bits per heavy atom. The van der Waals surface area contributed by atoms with E-state index in [9.17, 15) is 4.39 Å². The maximum absolute atomic E-state index is 12.6. The van der Waals surface area contributed by atoms with E-state index < -0.39 is 0 Å². The van der Waals surface area contributed by atoms with Crippen molar-refractivity contribution in [3.8, 4) is 11.4 Å². The molecule has 2 aromatic rings. The summed E-state index contributed by atoms with van der Waals surface area (Å²) < 4.78 is 12.6. The van der Waals surface area contributed by atoms with Crippen LogP contribution in [-0.2, 0) is 0 Å². The number of hydrogen-bond acceptors (Lipinski definition) is 2. The molecule has 13 heavy (non-hydrogen) atoms. The Bertz CT molecular complexity index is 405. The lowest BCUT2D eigenvalue weighted by Crippen LogP contribution is -1.84. The van der Waals surface area contributed by atoms with Gasteiger partial charge in [0.05, 0.1) is 6.20 Å². The molecule has 1 aromatic heterocycles. The van der Waals surface area contributed by atoms with Crippen molar-refractivity contribution < 1.29 is 4.39 Å². The predicted molar refractivity (Wildman–Crippen MR) is 48.4 cm³/mol. The average Bonchev–Trinajstić information content (AvgIpc) is 2.53. The first-order chi connectivity index (χ1) is 6.25. The maximum atomic E-state index is 12.6. The molecule has 3 nitrogen and oxygen atoms in total. The van der Waals surface area contributed by atoms with Crippen molar-refractivity contribution in [3.63, 3.8) is 0 Å². The van der Waals surface area contributed by atoms with E-state index in [-0.39, 0.29) is 5.82 Å². The van der Waals surface area contributed by atoms with E-state index in [1.807, 2.05) is 0 Å². The van der Waals surface area contributed by atoms with E-state index in [2.05, 4.69) is 9.97 Å². The standard InChI is InChI=1S/C9H8FN3/c10-7-3-1-6(2-4-7)9-12-5-8(11)13-9/h1-5H,11H2,(H,12,13). The molecule has 1 aromatic carbocycles. The van der Waals surface area contributed by atoms with E-state index >= 15 is 0 Å². The molecule has 4 heteroatoms. The lowest BCUT2D eigenvalue weighted by Gasteiger charge is -1.95. The third-order valence-electron chi connectivity index (χ3n) is 1.71. The summed E-state index contributed by atoms with van der Waals surface area (Å²) in [5.41, 5.74) is 6.27. The monoisotopic (exact) mass is 177 g/mol. The van der Waals surface area contributed by atoms with Gasteiger partial charge in [-0.2, -0.15) is 0 Å². The highest BCUT2D eigenvalue weighted by atomic mass is 19.1. The quantitative estimate of drug-likeness (QED) is 0.697. The topological polar surface area (TPSA) is 54.7 Å². The number of nitrogens with one attached hydrogen (secondary N) is 1. The first kappa shape index (κ1) is 7.79. The Morgan fingerprint density at radius 3 is 2.46 bits per heavy atom. The van der Waals surface area contributed by atoms with Gasteiger partial charge in [-0.3, -0.25) is 0 Å². The minimum Gasteiger partial charge on any atom is -0.384 e. The molecule has 2 rings (SSSR count). The fourth-order valence-corrected chi connectivity index (χ4v) is 1.09. The summed E-state index contributed by atoms with van der Waals surface area (Å²) in [7, 11) is 0. The Balaban J connectivity index is 2.41. The number of benzene rings is 1. The second-order valence-electron chi connectivity index (χ2n) is 2.69. The van der Waals surface area contributed by atoms with Gasteiger partial charge >= 0.3 is 0 Å². The lowest BCUT2D eigenvalue weighted by atomic mass is 10.2. The van der Waals surface area contributed by atoms with E-state index in [0.29, 0.717) is 11.6 Å². The molecule has 0 saturated carbocycles. The van der Waals surface area contributed by atoms with Gasteiger partial charge in [-0.05, 0) is 24.3 Å². The number of aromatic nitrogens is 2. The molecular weight excluding hydrogens is 169 g/mol. The van der Waals surface area contributed by atoms with E-state index in [4.69, 9.17) is 5.73 Å². The van der Waals surface area contributed by atoms with Crippen LogP contribution in [0.1, 0.15) is 0 Å². The minimum atomic E-state index is -0.261. The first-order valence-corrected chi connectivity index (χ1v) is 3.82. The van der Waals surface area contributed by atoms with Gasteiger partial charge in [-0.15, -0.1) is 0 Å². The number of rotatable bonds is 1. The van der Waals surface area contributed by atoms with Crippen molar-refractivity contribution in [2.24, 2.45) is 0 Å². The van der Waals surface area contributed by atoms with Gasteiger partial charge in [0, 0.05) is 5.56 Å². The number of aromatic amines is 1. The molecule has 0 bridgehead atoms. The number of nitrogens with zero attached hydrogens (tertiary/aromatic N) is 1. The Labute approximate surface area is 74.4 Å². The van der Waals surface area contributed by atoms with Crippen LogP contribution in [0.3, 0.4) is 0 Å². The normalized spacial score (nSPS) is 10.2. The zero-order valence-electron chi connectivity index (χ0n) is 6.79. The molecule has 0 aliphatic rings. The number of hydrogen-bond donors (Lipinski definition) is 2. The fraction of sp³-hybridized carbons (Fsp3) is 0. The van der Waals surface area contributed by atoms with Crippen molar-refractivity contribution in [2.45, 2.75) is 0 Å². The number of anilines is 1. The second kappa shape index (κ2) is 2.90. The molecule has 0 aliphatic carbocycles. The van der Waals surface area contributed by atoms with Crippen LogP contribution in [-0.4, -0.2) is 9.97 Å². The van der Waals surface area contributed by atoms with Gasteiger partial charge in [0.1, 0.15) is 17.5 Å². The number of halogens is 1. The number of imidazole rings is 1. The molecule has 0 spiro atoms. The Hall–Kier alpha value is -1.84. The highest BCUT2D eigenvalue weighted by Gasteiger charge is 2.00. The summed E-state index contributed by atoms with van der Waals surface area (Å²) in [4.78, 5) is 6.87. The van der Waals surface area contributed by atoms with Gasteiger partial charge in [0.25, 0.3) is 0 Å². The molecule has 0 amide bonds. The molecular formula is C9H8FN3. The zero-order valence-corrected chi connectivity index (χ0v) is 6.79.